The molecule has 1 aliphatic rings. The lowest BCUT2D eigenvalue weighted by Crippen LogP contribution is -2.44. The van der Waals surface area contributed by atoms with Gasteiger partial charge >= 0.3 is 0 Å². The van der Waals surface area contributed by atoms with Crippen molar-refractivity contribution in [2.75, 3.05) is 44.8 Å². The van der Waals surface area contributed by atoms with Crippen LogP contribution >= 0.6 is 11.3 Å². The van der Waals surface area contributed by atoms with E-state index in [9.17, 15) is 0 Å². The summed E-state index contributed by atoms with van der Waals surface area (Å²) in [6, 6.07) is 10.1. The average molecular weight is 436 g/mol. The van der Waals surface area contributed by atoms with Crippen LogP contribution in [0, 0.1) is 6.92 Å². The minimum atomic E-state index is 0.560. The molecule has 5 rings (SSSR count). The zero-order valence-corrected chi connectivity index (χ0v) is 18.8. The van der Waals surface area contributed by atoms with Gasteiger partial charge in [-0.3, -0.25) is 0 Å². The van der Waals surface area contributed by atoms with E-state index in [1.807, 2.05) is 31.2 Å². The Morgan fingerprint density at radius 3 is 2.58 bits per heavy atom. The quantitative estimate of drug-likeness (QED) is 0.507. The molecule has 1 N–H and O–H groups in total. The second-order valence-corrected chi connectivity index (χ2v) is 8.51. The molecule has 0 bridgehead atoms. The van der Waals surface area contributed by atoms with Crippen molar-refractivity contribution in [3.8, 4) is 22.9 Å². The second kappa shape index (κ2) is 8.28. The fourth-order valence-electron chi connectivity index (χ4n) is 3.93. The summed E-state index contributed by atoms with van der Waals surface area (Å²) in [4.78, 5) is 17.9. The van der Waals surface area contributed by atoms with Crippen LogP contribution in [0.2, 0.25) is 0 Å². The summed E-state index contributed by atoms with van der Waals surface area (Å²) in [5, 5.41) is 4.46. The summed E-state index contributed by atoms with van der Waals surface area (Å²) in [5.41, 5.74) is 4.07. The molecule has 1 fully saturated rings. The number of anilines is 1. The molecule has 0 amide bonds. The molecule has 4 heterocycles. The molecule has 160 valence electrons. The highest BCUT2D eigenvalue weighted by Crippen LogP contribution is 2.40. The summed E-state index contributed by atoms with van der Waals surface area (Å²) >= 11 is 1.60. The molecule has 31 heavy (non-hydrogen) atoms. The van der Waals surface area contributed by atoms with E-state index in [4.69, 9.17) is 24.4 Å². The predicted octanol–water partition coefficient (Wildman–Crippen LogP) is 4.03. The largest absolute Gasteiger partial charge is 0.497 e. The molecular formula is C23H25N5O2S. The monoisotopic (exact) mass is 435 g/mol. The van der Waals surface area contributed by atoms with Crippen LogP contribution in [-0.2, 0) is 0 Å². The normalized spacial score (nSPS) is 14.4. The number of benzene rings is 1. The summed E-state index contributed by atoms with van der Waals surface area (Å²) in [5.74, 6) is 2.21. The van der Waals surface area contributed by atoms with Crippen molar-refractivity contribution in [1.82, 2.24) is 20.3 Å². The van der Waals surface area contributed by atoms with Crippen molar-refractivity contribution in [2.45, 2.75) is 13.8 Å². The van der Waals surface area contributed by atoms with Crippen LogP contribution in [0.15, 0.2) is 30.3 Å². The molecule has 0 radical (unpaired) electrons. The first kappa shape index (κ1) is 20.0. The molecule has 0 saturated carbocycles. The molecule has 1 aromatic carbocycles. The minimum absolute atomic E-state index is 0.560. The first-order valence-electron chi connectivity index (χ1n) is 10.5. The highest BCUT2D eigenvalue weighted by molar-refractivity contribution is 7.25. The van der Waals surface area contributed by atoms with E-state index >= 15 is 0 Å². The second-order valence-electron chi connectivity index (χ2n) is 7.51. The molecule has 0 spiro atoms. The molecule has 4 aromatic rings. The van der Waals surface area contributed by atoms with E-state index in [0.29, 0.717) is 12.5 Å². The van der Waals surface area contributed by atoms with Crippen LogP contribution < -0.4 is 19.7 Å². The van der Waals surface area contributed by atoms with Crippen molar-refractivity contribution < 1.29 is 9.47 Å². The minimum Gasteiger partial charge on any atom is -0.497 e. The van der Waals surface area contributed by atoms with E-state index in [-0.39, 0.29) is 0 Å². The highest BCUT2D eigenvalue weighted by atomic mass is 32.1. The molecular weight excluding hydrogens is 410 g/mol. The summed E-state index contributed by atoms with van der Waals surface area (Å²) in [6.07, 6.45) is 0. The number of aryl methyl sites for hydroxylation is 1. The summed E-state index contributed by atoms with van der Waals surface area (Å²) in [7, 11) is 1.67. The lowest BCUT2D eigenvalue weighted by Gasteiger charge is -2.27. The molecule has 3 aromatic heterocycles. The predicted molar refractivity (Wildman–Crippen MR) is 126 cm³/mol. The Hall–Kier alpha value is -2.97. The van der Waals surface area contributed by atoms with Crippen LogP contribution in [0.4, 0.5) is 5.95 Å². The number of fused-ring (bicyclic) bond motifs is 3. The Labute approximate surface area is 185 Å². The Kier molecular flexibility index (Phi) is 5.33. The highest BCUT2D eigenvalue weighted by Gasteiger charge is 2.21. The van der Waals surface area contributed by atoms with Gasteiger partial charge in [0.1, 0.15) is 20.8 Å². The number of hydrogen-bond donors (Lipinski definition) is 1. The van der Waals surface area contributed by atoms with E-state index < -0.39 is 0 Å². The van der Waals surface area contributed by atoms with Crippen molar-refractivity contribution in [2.24, 2.45) is 0 Å². The van der Waals surface area contributed by atoms with Crippen molar-refractivity contribution in [3.05, 3.63) is 35.9 Å². The number of ether oxygens (including phenoxy) is 2. The van der Waals surface area contributed by atoms with Gasteiger partial charge < -0.3 is 19.7 Å². The molecule has 7 nitrogen and oxygen atoms in total. The maximum Gasteiger partial charge on any atom is 0.236 e. The number of thiophene rings is 1. The third kappa shape index (κ3) is 3.66. The number of nitrogens with one attached hydrogen (secondary N) is 1. The number of piperazine rings is 1. The van der Waals surface area contributed by atoms with Crippen molar-refractivity contribution >= 4 is 37.7 Å². The average Bonchev–Trinajstić information content (AvgIpc) is 3.19. The Morgan fingerprint density at radius 2 is 1.87 bits per heavy atom. The van der Waals surface area contributed by atoms with Crippen molar-refractivity contribution in [3.63, 3.8) is 0 Å². The van der Waals surface area contributed by atoms with E-state index in [1.165, 1.54) is 0 Å². The first-order valence-corrected chi connectivity index (χ1v) is 11.3. The number of hydrogen-bond acceptors (Lipinski definition) is 8. The number of rotatable bonds is 5. The number of pyridine rings is 1. The van der Waals surface area contributed by atoms with Crippen LogP contribution in [0.3, 0.4) is 0 Å². The third-order valence-electron chi connectivity index (χ3n) is 5.51. The summed E-state index contributed by atoms with van der Waals surface area (Å²) in [6.45, 7) is 8.30. The van der Waals surface area contributed by atoms with Crippen LogP contribution in [-0.4, -0.2) is 54.8 Å². The van der Waals surface area contributed by atoms with E-state index in [2.05, 4.69) is 23.2 Å². The van der Waals surface area contributed by atoms with Gasteiger partial charge in [-0.25, -0.2) is 9.97 Å². The SMILES string of the molecule is CCOc1nc(N2CCNCC2)nc2c1sc1nc(-c3ccc(OC)cc3)cc(C)c12. The standard InChI is InChI=1S/C23H25N5O2S/c1-4-30-21-20-19(26-23(27-21)28-11-9-24-10-12-28)18-14(2)13-17(25-22(18)31-20)15-5-7-16(29-3)8-6-15/h5-8,13,24H,4,9-12H2,1-3H3. The van der Waals surface area contributed by atoms with Crippen LogP contribution in [0.5, 0.6) is 11.6 Å². The molecule has 1 saturated heterocycles. The molecule has 0 atom stereocenters. The first-order chi connectivity index (χ1) is 15.2. The Bertz CT molecular complexity index is 1230. The molecule has 0 unspecified atom stereocenters. The van der Waals surface area contributed by atoms with Crippen LogP contribution in [0.1, 0.15) is 12.5 Å². The molecule has 8 heteroatoms. The van der Waals surface area contributed by atoms with Gasteiger partial charge in [0.05, 0.1) is 19.4 Å². The number of aromatic nitrogens is 3. The van der Waals surface area contributed by atoms with Gasteiger partial charge in [0.15, 0.2) is 0 Å². The molecule has 0 aliphatic carbocycles. The number of nitrogens with zero attached hydrogens (tertiary/aromatic N) is 4. The van der Waals surface area contributed by atoms with Gasteiger partial charge in [-0.15, -0.1) is 11.3 Å². The maximum absolute atomic E-state index is 5.94. The zero-order chi connectivity index (χ0) is 21.4. The van der Waals surface area contributed by atoms with Gasteiger partial charge in [0.25, 0.3) is 0 Å². The lowest BCUT2D eigenvalue weighted by molar-refractivity contribution is 0.331. The van der Waals surface area contributed by atoms with E-state index in [1.54, 1.807) is 18.4 Å². The number of methoxy groups -OCH3 is 1. The lowest BCUT2D eigenvalue weighted by atomic mass is 10.1. The maximum atomic E-state index is 5.94. The van der Waals surface area contributed by atoms with Crippen LogP contribution in [0.25, 0.3) is 31.7 Å². The zero-order valence-electron chi connectivity index (χ0n) is 17.9. The van der Waals surface area contributed by atoms with Gasteiger partial charge in [0.2, 0.25) is 11.8 Å². The third-order valence-corrected chi connectivity index (χ3v) is 6.57. The summed E-state index contributed by atoms with van der Waals surface area (Å²) < 4.78 is 12.2. The van der Waals surface area contributed by atoms with Gasteiger partial charge in [-0.05, 0) is 49.7 Å². The Morgan fingerprint density at radius 1 is 1.10 bits per heavy atom. The molecule has 1 aliphatic heterocycles. The van der Waals surface area contributed by atoms with Gasteiger partial charge in [-0.2, -0.15) is 4.98 Å². The van der Waals surface area contributed by atoms with Gasteiger partial charge in [-0.1, -0.05) is 0 Å². The fourth-order valence-corrected chi connectivity index (χ4v) is 5.07. The topological polar surface area (TPSA) is 72.4 Å². The van der Waals surface area contributed by atoms with E-state index in [0.717, 1.165) is 75.1 Å². The van der Waals surface area contributed by atoms with Gasteiger partial charge in [0, 0.05) is 37.1 Å². The Balaban J connectivity index is 1.67. The smallest absolute Gasteiger partial charge is 0.236 e. The fraction of sp³-hybridized carbons (Fsp3) is 0.348. The van der Waals surface area contributed by atoms with Crippen molar-refractivity contribution in [1.29, 1.82) is 0 Å².